The van der Waals surface area contributed by atoms with Crippen LogP contribution in [0.2, 0.25) is 0 Å². The van der Waals surface area contributed by atoms with Gasteiger partial charge in [-0.3, -0.25) is 9.59 Å². The van der Waals surface area contributed by atoms with E-state index in [-0.39, 0.29) is 37.5 Å². The number of nitrogens with one attached hydrogen (secondary N) is 1. The Kier molecular flexibility index (Phi) is 7.10. The quantitative estimate of drug-likeness (QED) is 0.699. The minimum Gasteiger partial charge on any atom is -0.493 e. The molecule has 2 aromatic rings. The molecule has 0 spiro atoms. The van der Waals surface area contributed by atoms with Gasteiger partial charge in [0.25, 0.3) is 5.91 Å². The van der Waals surface area contributed by atoms with Crippen LogP contribution in [-0.2, 0) is 22.6 Å². The van der Waals surface area contributed by atoms with Crippen LogP contribution in [0, 0.1) is 11.6 Å². The summed E-state index contributed by atoms with van der Waals surface area (Å²) in [5.41, 5.74) is 5.65. The maximum absolute atomic E-state index is 13.6. The highest BCUT2D eigenvalue weighted by Crippen LogP contribution is 2.28. The molecule has 6 nitrogen and oxygen atoms in total. The number of hydrogen-bond donors (Lipinski definition) is 2. The number of carbonyl (C=O) groups is 2. The van der Waals surface area contributed by atoms with E-state index in [1.54, 1.807) is 18.2 Å². The zero-order chi connectivity index (χ0) is 19.8. The van der Waals surface area contributed by atoms with E-state index >= 15 is 0 Å². The Morgan fingerprint density at radius 3 is 2.44 bits per heavy atom. The van der Waals surface area contributed by atoms with Crippen molar-refractivity contribution < 1.29 is 27.8 Å². The predicted octanol–water partition coefficient (Wildman–Crippen LogP) is 2.09. The first-order valence-corrected chi connectivity index (χ1v) is 8.18. The van der Waals surface area contributed by atoms with Gasteiger partial charge in [0.15, 0.2) is 18.1 Å². The lowest BCUT2D eigenvalue weighted by Gasteiger charge is -2.12. The third kappa shape index (κ3) is 5.95. The summed E-state index contributed by atoms with van der Waals surface area (Å²) in [7, 11) is 1.44. The van der Waals surface area contributed by atoms with Gasteiger partial charge in [-0.15, -0.1) is 0 Å². The van der Waals surface area contributed by atoms with Gasteiger partial charge in [-0.25, -0.2) is 8.78 Å². The van der Waals surface area contributed by atoms with Gasteiger partial charge >= 0.3 is 0 Å². The van der Waals surface area contributed by atoms with Gasteiger partial charge in [0.1, 0.15) is 11.6 Å². The number of halogens is 2. The summed E-state index contributed by atoms with van der Waals surface area (Å²) in [6.07, 6.45) is -0.0810. The molecule has 0 atom stereocenters. The highest BCUT2D eigenvalue weighted by atomic mass is 19.1. The Morgan fingerprint density at radius 2 is 1.81 bits per heavy atom. The Labute approximate surface area is 155 Å². The number of rotatable bonds is 9. The second-order valence-corrected chi connectivity index (χ2v) is 5.72. The molecule has 8 heteroatoms. The number of amides is 2. The van der Waals surface area contributed by atoms with Gasteiger partial charge in [-0.05, 0) is 36.2 Å². The molecule has 0 unspecified atom stereocenters. The molecule has 2 rings (SSSR count). The molecule has 2 amide bonds. The van der Waals surface area contributed by atoms with Crippen molar-refractivity contribution in [2.75, 3.05) is 13.7 Å². The normalized spacial score (nSPS) is 10.3. The molecular weight excluding hydrogens is 358 g/mol. The fraction of sp³-hybridized carbons (Fsp3) is 0.263. The molecule has 0 bridgehead atoms. The topological polar surface area (TPSA) is 90.7 Å². The molecule has 0 aliphatic rings. The summed E-state index contributed by atoms with van der Waals surface area (Å²) < 4.78 is 37.5. The van der Waals surface area contributed by atoms with Crippen LogP contribution in [0.3, 0.4) is 0 Å². The van der Waals surface area contributed by atoms with Crippen LogP contribution in [0.25, 0.3) is 0 Å². The third-order valence-electron chi connectivity index (χ3n) is 3.75. The molecule has 0 radical (unpaired) electrons. The molecule has 3 N–H and O–H groups in total. The van der Waals surface area contributed by atoms with Crippen molar-refractivity contribution >= 4 is 11.8 Å². The molecule has 27 heavy (non-hydrogen) atoms. The lowest BCUT2D eigenvalue weighted by atomic mass is 10.1. The highest BCUT2D eigenvalue weighted by Gasteiger charge is 2.11. The summed E-state index contributed by atoms with van der Waals surface area (Å²) >= 11 is 0. The van der Waals surface area contributed by atoms with E-state index in [1.807, 2.05) is 0 Å². The molecule has 0 aliphatic heterocycles. The van der Waals surface area contributed by atoms with Gasteiger partial charge in [0.2, 0.25) is 5.91 Å². The van der Waals surface area contributed by atoms with Gasteiger partial charge in [0.05, 0.1) is 7.11 Å². The minimum atomic E-state index is -0.668. The maximum Gasteiger partial charge on any atom is 0.255 e. The van der Waals surface area contributed by atoms with E-state index < -0.39 is 17.5 Å². The molecule has 0 saturated carbocycles. The predicted molar refractivity (Wildman–Crippen MR) is 94.2 cm³/mol. The first-order chi connectivity index (χ1) is 12.9. The van der Waals surface area contributed by atoms with Gasteiger partial charge < -0.3 is 20.5 Å². The second kappa shape index (κ2) is 9.51. The molecule has 144 valence electrons. The lowest BCUT2D eigenvalue weighted by Crippen LogP contribution is -2.23. The summed E-state index contributed by atoms with van der Waals surface area (Å²) in [6.45, 7) is -0.0793. The van der Waals surface area contributed by atoms with Crippen molar-refractivity contribution in [3.05, 3.63) is 59.2 Å². The van der Waals surface area contributed by atoms with Crippen LogP contribution in [0.4, 0.5) is 8.78 Å². The molecule has 0 aromatic heterocycles. The summed E-state index contributed by atoms with van der Waals surface area (Å²) in [6, 6.07) is 8.52. The Hall–Kier alpha value is -3.16. The van der Waals surface area contributed by atoms with Crippen LogP contribution in [0.5, 0.6) is 11.5 Å². The Balaban J connectivity index is 1.90. The fourth-order valence-electron chi connectivity index (χ4n) is 2.39. The first-order valence-electron chi connectivity index (χ1n) is 8.18. The van der Waals surface area contributed by atoms with Crippen LogP contribution in [0.1, 0.15) is 17.5 Å². The molecule has 0 fully saturated rings. The summed E-state index contributed by atoms with van der Waals surface area (Å²) in [5, 5.41) is 2.67. The largest absolute Gasteiger partial charge is 0.493 e. The van der Waals surface area contributed by atoms with Crippen LogP contribution >= 0.6 is 0 Å². The lowest BCUT2D eigenvalue weighted by molar-refractivity contribution is -0.121. The zero-order valence-corrected chi connectivity index (χ0v) is 14.8. The monoisotopic (exact) mass is 378 g/mol. The van der Waals surface area contributed by atoms with E-state index in [1.165, 1.54) is 13.2 Å². The standard InChI is InChI=1S/C19H20F2N2O4/c1-26-17-9-12(5-7-16(17)27-11-18(22)24)10-23-19(25)8-6-13-14(20)3-2-4-15(13)21/h2-5,7,9H,6,8,10-11H2,1H3,(H2,22,24)(H,23,25). The van der Waals surface area contributed by atoms with Crippen LogP contribution in [0.15, 0.2) is 36.4 Å². The molecule has 0 aliphatic carbocycles. The zero-order valence-electron chi connectivity index (χ0n) is 14.8. The van der Waals surface area contributed by atoms with Crippen LogP contribution < -0.4 is 20.5 Å². The van der Waals surface area contributed by atoms with Crippen molar-refractivity contribution in [3.8, 4) is 11.5 Å². The van der Waals surface area contributed by atoms with Crippen LogP contribution in [-0.4, -0.2) is 25.5 Å². The van der Waals surface area contributed by atoms with Crippen molar-refractivity contribution in [1.82, 2.24) is 5.32 Å². The maximum atomic E-state index is 13.6. The fourth-order valence-corrected chi connectivity index (χ4v) is 2.39. The highest BCUT2D eigenvalue weighted by molar-refractivity contribution is 5.76. The minimum absolute atomic E-state index is 0.0342. The summed E-state index contributed by atoms with van der Waals surface area (Å²) in [5.74, 6) is -1.55. The average molecular weight is 378 g/mol. The SMILES string of the molecule is COc1cc(CNC(=O)CCc2c(F)cccc2F)ccc1OCC(N)=O. The van der Waals surface area contributed by atoms with E-state index in [2.05, 4.69) is 5.32 Å². The molecule has 2 aromatic carbocycles. The first kappa shape index (κ1) is 20.2. The van der Waals surface area contributed by atoms with Crippen molar-refractivity contribution in [2.24, 2.45) is 5.73 Å². The third-order valence-corrected chi connectivity index (χ3v) is 3.75. The number of hydrogen-bond acceptors (Lipinski definition) is 4. The van der Waals surface area contributed by atoms with Crippen molar-refractivity contribution in [2.45, 2.75) is 19.4 Å². The number of ether oxygens (including phenoxy) is 2. The number of methoxy groups -OCH3 is 1. The number of carbonyl (C=O) groups excluding carboxylic acids is 2. The molecule has 0 saturated heterocycles. The molecular formula is C19H20F2N2O4. The van der Waals surface area contributed by atoms with Gasteiger partial charge in [0, 0.05) is 18.5 Å². The van der Waals surface area contributed by atoms with E-state index in [0.717, 1.165) is 17.7 Å². The molecule has 0 heterocycles. The van der Waals surface area contributed by atoms with Crippen molar-refractivity contribution in [3.63, 3.8) is 0 Å². The smallest absolute Gasteiger partial charge is 0.255 e. The number of nitrogens with two attached hydrogens (primary N) is 1. The Bertz CT molecular complexity index is 807. The second-order valence-electron chi connectivity index (χ2n) is 5.72. The van der Waals surface area contributed by atoms with Crippen molar-refractivity contribution in [1.29, 1.82) is 0 Å². The van der Waals surface area contributed by atoms with E-state index in [0.29, 0.717) is 11.5 Å². The number of primary amides is 1. The van der Waals surface area contributed by atoms with Gasteiger partial charge in [-0.2, -0.15) is 0 Å². The summed E-state index contributed by atoms with van der Waals surface area (Å²) in [4.78, 5) is 22.7. The number of benzene rings is 2. The average Bonchev–Trinajstić information content (AvgIpc) is 2.64. The van der Waals surface area contributed by atoms with E-state index in [4.69, 9.17) is 15.2 Å². The Morgan fingerprint density at radius 1 is 1.11 bits per heavy atom. The van der Waals surface area contributed by atoms with E-state index in [9.17, 15) is 18.4 Å². The van der Waals surface area contributed by atoms with Gasteiger partial charge in [-0.1, -0.05) is 12.1 Å².